The SMILES string of the molecule is CC1(C)CO[P+]([O-])(Oc2ccc3ccccc3c2-c2c(O)ccc3ccccc23)OC1. The summed E-state index contributed by atoms with van der Waals surface area (Å²) < 4.78 is 17.0. The van der Waals surface area contributed by atoms with Gasteiger partial charge in [0.1, 0.15) is 19.0 Å². The zero-order valence-electron chi connectivity index (χ0n) is 17.4. The standard InChI is InChI=1S/C25H23O5P/c1-25(2)15-28-31(27,29-16-25)30-22-14-12-18-8-4-6-10-20(18)24(22)23-19-9-5-3-7-17(19)11-13-21(23)26/h3-14,26H,15-16H2,1-2H3. The molecule has 6 heteroatoms. The summed E-state index contributed by atoms with van der Waals surface area (Å²) in [6.07, 6.45) is 0. The highest BCUT2D eigenvalue weighted by atomic mass is 31.2. The van der Waals surface area contributed by atoms with Gasteiger partial charge in [0.2, 0.25) is 0 Å². The average molecular weight is 434 g/mol. The van der Waals surface area contributed by atoms with E-state index < -0.39 is 8.17 Å². The van der Waals surface area contributed by atoms with E-state index in [0.717, 1.165) is 21.5 Å². The van der Waals surface area contributed by atoms with Gasteiger partial charge < -0.3 is 10.00 Å². The smallest absolute Gasteiger partial charge is 0.429 e. The van der Waals surface area contributed by atoms with Crippen LogP contribution in [0.3, 0.4) is 0 Å². The van der Waals surface area contributed by atoms with Crippen molar-refractivity contribution in [2.24, 2.45) is 5.41 Å². The van der Waals surface area contributed by atoms with E-state index in [1.54, 1.807) is 12.1 Å². The third-order valence-corrected chi connectivity index (χ3v) is 6.80. The summed E-state index contributed by atoms with van der Waals surface area (Å²) in [7, 11) is -3.80. The van der Waals surface area contributed by atoms with E-state index in [2.05, 4.69) is 0 Å². The molecular weight excluding hydrogens is 411 g/mol. The minimum absolute atomic E-state index is 0.116. The molecule has 1 aliphatic rings. The maximum absolute atomic E-state index is 13.2. The van der Waals surface area contributed by atoms with E-state index in [4.69, 9.17) is 13.6 Å². The molecule has 0 atom stereocenters. The molecule has 158 valence electrons. The second-order valence-corrected chi connectivity index (χ2v) is 10.2. The molecular formula is C25H23O5P. The van der Waals surface area contributed by atoms with Crippen LogP contribution >= 0.6 is 8.17 Å². The number of phenolic OH excluding ortho intramolecular Hbond substituents is 1. The number of phenols is 1. The number of aromatic hydroxyl groups is 1. The molecule has 4 aromatic carbocycles. The van der Waals surface area contributed by atoms with Gasteiger partial charge in [-0.2, -0.15) is 9.05 Å². The lowest BCUT2D eigenvalue weighted by molar-refractivity contribution is -0.253. The average Bonchev–Trinajstić information content (AvgIpc) is 2.77. The summed E-state index contributed by atoms with van der Waals surface area (Å²) >= 11 is 0. The molecule has 5 nitrogen and oxygen atoms in total. The predicted molar refractivity (Wildman–Crippen MR) is 122 cm³/mol. The number of hydrogen-bond acceptors (Lipinski definition) is 5. The third kappa shape index (κ3) is 3.75. The van der Waals surface area contributed by atoms with Gasteiger partial charge in [-0.15, -0.1) is 0 Å². The quantitative estimate of drug-likeness (QED) is 0.409. The largest absolute Gasteiger partial charge is 0.598 e. The van der Waals surface area contributed by atoms with Crippen molar-refractivity contribution >= 4 is 29.7 Å². The summed E-state index contributed by atoms with van der Waals surface area (Å²) in [5.41, 5.74) is 1.03. The first-order valence-electron chi connectivity index (χ1n) is 10.2. The lowest BCUT2D eigenvalue weighted by Gasteiger charge is -2.36. The second kappa shape index (κ2) is 7.47. The Morgan fingerprint density at radius 2 is 1.35 bits per heavy atom. The van der Waals surface area contributed by atoms with Crippen molar-refractivity contribution in [2.75, 3.05) is 13.2 Å². The molecule has 31 heavy (non-hydrogen) atoms. The molecule has 1 saturated heterocycles. The molecule has 5 rings (SSSR count). The fourth-order valence-corrected chi connectivity index (χ4v) is 5.46. The van der Waals surface area contributed by atoms with Crippen molar-refractivity contribution in [3.63, 3.8) is 0 Å². The molecule has 0 aliphatic carbocycles. The number of benzene rings is 4. The second-order valence-electron chi connectivity index (χ2n) is 8.59. The Kier molecular flexibility index (Phi) is 4.87. The minimum Gasteiger partial charge on any atom is -0.598 e. The van der Waals surface area contributed by atoms with Gasteiger partial charge in [0, 0.05) is 16.5 Å². The van der Waals surface area contributed by atoms with Crippen LogP contribution in [0.5, 0.6) is 11.5 Å². The Hall–Kier alpha value is -2.69. The number of phosphoric ester groups is 1. The van der Waals surface area contributed by atoms with Crippen LogP contribution in [0.25, 0.3) is 32.7 Å². The van der Waals surface area contributed by atoms with Crippen LogP contribution in [-0.4, -0.2) is 18.3 Å². The van der Waals surface area contributed by atoms with Crippen molar-refractivity contribution < 1.29 is 23.6 Å². The lowest BCUT2D eigenvalue weighted by atomic mass is 9.92. The van der Waals surface area contributed by atoms with Crippen LogP contribution in [0.1, 0.15) is 13.8 Å². The maximum Gasteiger partial charge on any atom is 0.429 e. The summed E-state index contributed by atoms with van der Waals surface area (Å²) in [6.45, 7) is 4.50. The van der Waals surface area contributed by atoms with Crippen molar-refractivity contribution in [1.82, 2.24) is 0 Å². The van der Waals surface area contributed by atoms with Crippen LogP contribution in [0, 0.1) is 5.41 Å². The molecule has 0 spiro atoms. The van der Waals surface area contributed by atoms with E-state index in [0.29, 0.717) is 16.9 Å². The topological polar surface area (TPSA) is 71.0 Å². The van der Waals surface area contributed by atoms with E-state index >= 15 is 0 Å². The van der Waals surface area contributed by atoms with Gasteiger partial charge in [0.15, 0.2) is 5.75 Å². The molecule has 0 saturated carbocycles. The Labute approximate surface area is 181 Å². The summed E-state index contributed by atoms with van der Waals surface area (Å²) in [4.78, 5) is 13.2. The highest BCUT2D eigenvalue weighted by Gasteiger charge is 2.45. The van der Waals surface area contributed by atoms with Crippen LogP contribution in [0.4, 0.5) is 0 Å². The van der Waals surface area contributed by atoms with Crippen molar-refractivity contribution in [2.45, 2.75) is 13.8 Å². The number of fused-ring (bicyclic) bond motifs is 2. The third-order valence-electron chi connectivity index (χ3n) is 5.48. The number of phosphoric acid groups is 1. The van der Waals surface area contributed by atoms with Gasteiger partial charge in [-0.05, 0) is 33.7 Å². The molecule has 4 aromatic rings. The molecule has 0 aromatic heterocycles. The Bertz CT molecular complexity index is 1270. The van der Waals surface area contributed by atoms with Crippen LogP contribution in [0.15, 0.2) is 72.8 Å². The van der Waals surface area contributed by atoms with Gasteiger partial charge in [-0.3, -0.25) is 4.52 Å². The van der Waals surface area contributed by atoms with Crippen LogP contribution < -0.4 is 9.42 Å². The number of hydrogen-bond donors (Lipinski definition) is 1. The summed E-state index contributed by atoms with van der Waals surface area (Å²) in [5, 5.41) is 14.6. The zero-order valence-corrected chi connectivity index (χ0v) is 18.3. The predicted octanol–water partition coefficient (Wildman–Crippen LogP) is 5.86. The molecule has 0 radical (unpaired) electrons. The maximum atomic E-state index is 13.2. The van der Waals surface area contributed by atoms with E-state index in [9.17, 15) is 10.00 Å². The molecule has 1 fully saturated rings. The first-order chi connectivity index (χ1) is 14.9. The first-order valence-corrected chi connectivity index (χ1v) is 11.6. The highest BCUT2D eigenvalue weighted by molar-refractivity contribution is 7.54. The zero-order chi connectivity index (χ0) is 21.6. The van der Waals surface area contributed by atoms with Gasteiger partial charge in [0.25, 0.3) is 0 Å². The van der Waals surface area contributed by atoms with Crippen molar-refractivity contribution in [3.05, 3.63) is 72.8 Å². The highest BCUT2D eigenvalue weighted by Crippen LogP contribution is 2.59. The van der Waals surface area contributed by atoms with Gasteiger partial charge >= 0.3 is 8.17 Å². The van der Waals surface area contributed by atoms with Crippen LogP contribution in [0.2, 0.25) is 0 Å². The molecule has 0 bridgehead atoms. The van der Waals surface area contributed by atoms with Gasteiger partial charge in [-0.25, -0.2) is 0 Å². The van der Waals surface area contributed by atoms with E-state index in [-0.39, 0.29) is 24.4 Å². The fraction of sp³-hybridized carbons (Fsp3) is 0.200. The Morgan fingerprint density at radius 3 is 2.00 bits per heavy atom. The molecule has 1 heterocycles. The van der Waals surface area contributed by atoms with Gasteiger partial charge in [-0.1, -0.05) is 74.5 Å². The van der Waals surface area contributed by atoms with Crippen LogP contribution in [-0.2, 0) is 9.05 Å². The monoisotopic (exact) mass is 434 g/mol. The van der Waals surface area contributed by atoms with Crippen molar-refractivity contribution in [1.29, 1.82) is 0 Å². The Balaban J connectivity index is 1.72. The van der Waals surface area contributed by atoms with Gasteiger partial charge in [0.05, 0.1) is 0 Å². The Morgan fingerprint density at radius 1 is 0.806 bits per heavy atom. The number of rotatable bonds is 3. The van der Waals surface area contributed by atoms with Crippen molar-refractivity contribution in [3.8, 4) is 22.6 Å². The fourth-order valence-electron chi connectivity index (χ4n) is 3.87. The molecule has 1 N–H and O–H groups in total. The normalized spacial score (nSPS) is 17.6. The molecule has 0 unspecified atom stereocenters. The first kappa shape index (κ1) is 20.2. The summed E-state index contributed by atoms with van der Waals surface area (Å²) in [6, 6.07) is 22.8. The lowest BCUT2D eigenvalue weighted by Crippen LogP contribution is -2.36. The van der Waals surface area contributed by atoms with E-state index in [1.165, 1.54) is 0 Å². The van der Waals surface area contributed by atoms with E-state index in [1.807, 2.05) is 74.5 Å². The molecule has 0 amide bonds. The molecule has 1 aliphatic heterocycles. The minimum atomic E-state index is -3.80. The summed E-state index contributed by atoms with van der Waals surface area (Å²) in [5.74, 6) is 0.457.